The van der Waals surface area contributed by atoms with Crippen LogP contribution in [0.2, 0.25) is 0 Å². The minimum atomic E-state index is -0.0799. The number of carbonyl (C=O) groups is 1. The lowest BCUT2D eigenvalue weighted by molar-refractivity contribution is -0.122. The first-order valence-corrected chi connectivity index (χ1v) is 8.79. The number of nitriles is 1. The number of hydrogen-bond donors (Lipinski definition) is 0. The van der Waals surface area contributed by atoms with E-state index in [9.17, 15) is 4.79 Å². The van der Waals surface area contributed by atoms with Gasteiger partial charge in [-0.15, -0.1) is 0 Å². The SMILES string of the molecule is N#CCOc1ccc(/C=C2/SC(=S)N(Cc3ccccc3)C2=O)cc1. The molecule has 1 amide bonds. The van der Waals surface area contributed by atoms with Gasteiger partial charge in [0.1, 0.15) is 16.1 Å². The number of thiocarbonyl (C=S) groups is 1. The van der Waals surface area contributed by atoms with Gasteiger partial charge in [0.05, 0.1) is 11.4 Å². The maximum absolute atomic E-state index is 12.6. The average molecular weight is 366 g/mol. The minimum absolute atomic E-state index is 0.0114. The first-order chi connectivity index (χ1) is 12.2. The van der Waals surface area contributed by atoms with Crippen LogP contribution in [0.25, 0.3) is 6.08 Å². The van der Waals surface area contributed by atoms with Crippen LogP contribution in [-0.2, 0) is 11.3 Å². The van der Waals surface area contributed by atoms with E-state index < -0.39 is 0 Å². The van der Waals surface area contributed by atoms with Crippen molar-refractivity contribution in [3.05, 3.63) is 70.6 Å². The predicted molar refractivity (Wildman–Crippen MR) is 103 cm³/mol. The Morgan fingerprint density at radius 2 is 1.88 bits per heavy atom. The van der Waals surface area contributed by atoms with E-state index in [1.807, 2.05) is 54.6 Å². The van der Waals surface area contributed by atoms with E-state index in [0.29, 0.717) is 21.5 Å². The maximum Gasteiger partial charge on any atom is 0.266 e. The molecule has 1 heterocycles. The highest BCUT2D eigenvalue weighted by molar-refractivity contribution is 8.26. The van der Waals surface area contributed by atoms with Crippen LogP contribution in [-0.4, -0.2) is 21.7 Å². The number of ether oxygens (including phenoxy) is 1. The standard InChI is InChI=1S/C19H14N2O2S2/c20-10-11-23-16-8-6-14(7-9-16)12-17-18(22)21(19(24)25-17)13-15-4-2-1-3-5-15/h1-9,12H,11,13H2/b17-12+. The Balaban J connectivity index is 1.73. The van der Waals surface area contributed by atoms with Crippen LogP contribution in [0.15, 0.2) is 59.5 Å². The first-order valence-electron chi connectivity index (χ1n) is 7.56. The van der Waals surface area contributed by atoms with E-state index in [4.69, 9.17) is 22.2 Å². The second-order valence-corrected chi connectivity index (χ2v) is 6.95. The van der Waals surface area contributed by atoms with Gasteiger partial charge in [-0.2, -0.15) is 5.26 Å². The van der Waals surface area contributed by atoms with Gasteiger partial charge in [-0.05, 0) is 29.3 Å². The summed E-state index contributed by atoms with van der Waals surface area (Å²) in [7, 11) is 0. The molecule has 3 rings (SSSR count). The molecule has 1 fully saturated rings. The van der Waals surface area contributed by atoms with Crippen molar-refractivity contribution in [2.75, 3.05) is 6.61 Å². The molecule has 25 heavy (non-hydrogen) atoms. The summed E-state index contributed by atoms with van der Waals surface area (Å²) in [4.78, 5) is 14.8. The minimum Gasteiger partial charge on any atom is -0.479 e. The molecule has 0 saturated carbocycles. The van der Waals surface area contributed by atoms with Crippen LogP contribution in [0.3, 0.4) is 0 Å². The molecule has 1 aliphatic heterocycles. The number of thioether (sulfide) groups is 1. The summed E-state index contributed by atoms with van der Waals surface area (Å²) in [6.07, 6.45) is 1.82. The number of hydrogen-bond acceptors (Lipinski definition) is 5. The van der Waals surface area contributed by atoms with Crippen molar-refractivity contribution in [1.82, 2.24) is 4.90 Å². The monoisotopic (exact) mass is 366 g/mol. The van der Waals surface area contributed by atoms with Crippen LogP contribution in [0, 0.1) is 11.3 Å². The van der Waals surface area contributed by atoms with Gasteiger partial charge in [-0.1, -0.05) is 66.4 Å². The van der Waals surface area contributed by atoms with Crippen molar-refractivity contribution in [3.8, 4) is 11.8 Å². The van der Waals surface area contributed by atoms with Crippen molar-refractivity contribution in [2.45, 2.75) is 6.54 Å². The molecule has 0 unspecified atom stereocenters. The Hall–Kier alpha value is -2.62. The lowest BCUT2D eigenvalue weighted by atomic mass is 10.2. The van der Waals surface area contributed by atoms with Gasteiger partial charge in [0.15, 0.2) is 6.61 Å². The van der Waals surface area contributed by atoms with E-state index in [1.165, 1.54) is 11.8 Å². The molecule has 1 saturated heterocycles. The van der Waals surface area contributed by atoms with Gasteiger partial charge < -0.3 is 4.74 Å². The fraction of sp³-hybridized carbons (Fsp3) is 0.105. The van der Waals surface area contributed by atoms with Gasteiger partial charge >= 0.3 is 0 Å². The van der Waals surface area contributed by atoms with Crippen LogP contribution in [0.4, 0.5) is 0 Å². The highest BCUT2D eigenvalue weighted by Crippen LogP contribution is 2.33. The van der Waals surface area contributed by atoms with E-state index >= 15 is 0 Å². The Kier molecular flexibility index (Phi) is 5.49. The molecule has 2 aromatic carbocycles. The van der Waals surface area contributed by atoms with Gasteiger partial charge in [0, 0.05) is 0 Å². The normalized spacial score (nSPS) is 15.5. The van der Waals surface area contributed by atoms with Gasteiger partial charge in [-0.25, -0.2) is 0 Å². The molecule has 0 N–H and O–H groups in total. The molecular formula is C19H14N2O2S2. The lowest BCUT2D eigenvalue weighted by Gasteiger charge is -2.14. The third-order valence-electron chi connectivity index (χ3n) is 3.54. The molecule has 0 radical (unpaired) electrons. The number of rotatable bonds is 5. The van der Waals surface area contributed by atoms with Gasteiger partial charge in [0.2, 0.25) is 0 Å². The van der Waals surface area contributed by atoms with E-state index in [-0.39, 0.29) is 12.5 Å². The Bertz CT molecular complexity index is 855. The van der Waals surface area contributed by atoms with E-state index in [2.05, 4.69) is 0 Å². The fourth-order valence-corrected chi connectivity index (χ4v) is 3.58. The molecule has 4 nitrogen and oxygen atoms in total. The third-order valence-corrected chi connectivity index (χ3v) is 4.92. The number of benzene rings is 2. The summed E-state index contributed by atoms with van der Waals surface area (Å²) in [5.41, 5.74) is 1.92. The zero-order valence-corrected chi connectivity index (χ0v) is 14.8. The van der Waals surface area contributed by atoms with Crippen molar-refractivity contribution in [2.24, 2.45) is 0 Å². The summed E-state index contributed by atoms with van der Waals surface area (Å²) < 4.78 is 5.78. The van der Waals surface area contributed by atoms with Crippen molar-refractivity contribution in [1.29, 1.82) is 5.26 Å². The molecule has 0 aromatic heterocycles. The van der Waals surface area contributed by atoms with Crippen LogP contribution >= 0.6 is 24.0 Å². The summed E-state index contributed by atoms with van der Waals surface area (Å²) in [6.45, 7) is 0.487. The highest BCUT2D eigenvalue weighted by Gasteiger charge is 2.31. The molecule has 2 aromatic rings. The van der Waals surface area contributed by atoms with Crippen molar-refractivity contribution in [3.63, 3.8) is 0 Å². The Morgan fingerprint density at radius 1 is 1.16 bits per heavy atom. The van der Waals surface area contributed by atoms with Crippen LogP contribution in [0.5, 0.6) is 5.75 Å². The average Bonchev–Trinajstić information content (AvgIpc) is 2.89. The highest BCUT2D eigenvalue weighted by atomic mass is 32.2. The predicted octanol–water partition coefficient (Wildman–Crippen LogP) is 3.99. The van der Waals surface area contributed by atoms with Crippen LogP contribution < -0.4 is 4.74 Å². The molecular weight excluding hydrogens is 352 g/mol. The Morgan fingerprint density at radius 3 is 2.56 bits per heavy atom. The lowest BCUT2D eigenvalue weighted by Crippen LogP contribution is -2.27. The van der Waals surface area contributed by atoms with Gasteiger partial charge in [0.25, 0.3) is 5.91 Å². The first kappa shape index (κ1) is 17.2. The van der Waals surface area contributed by atoms with E-state index in [1.54, 1.807) is 17.0 Å². The molecule has 0 atom stereocenters. The fourth-order valence-electron chi connectivity index (χ4n) is 2.33. The maximum atomic E-state index is 12.6. The molecule has 0 bridgehead atoms. The summed E-state index contributed by atoms with van der Waals surface area (Å²) in [5.74, 6) is 0.541. The zero-order valence-electron chi connectivity index (χ0n) is 13.2. The zero-order chi connectivity index (χ0) is 17.6. The van der Waals surface area contributed by atoms with Crippen molar-refractivity contribution >= 4 is 40.3 Å². The van der Waals surface area contributed by atoms with Crippen molar-refractivity contribution < 1.29 is 9.53 Å². The summed E-state index contributed by atoms with van der Waals surface area (Å²) in [5, 5.41) is 8.51. The second kappa shape index (κ2) is 7.97. The number of carbonyl (C=O) groups excluding carboxylic acids is 1. The van der Waals surface area contributed by atoms with Gasteiger partial charge in [-0.3, -0.25) is 9.69 Å². The molecule has 124 valence electrons. The van der Waals surface area contributed by atoms with Crippen LogP contribution in [0.1, 0.15) is 11.1 Å². The third kappa shape index (κ3) is 4.27. The summed E-state index contributed by atoms with van der Waals surface area (Å²) >= 11 is 6.66. The van der Waals surface area contributed by atoms with E-state index in [0.717, 1.165) is 11.1 Å². The largest absolute Gasteiger partial charge is 0.479 e. The molecule has 1 aliphatic rings. The molecule has 6 heteroatoms. The second-order valence-electron chi connectivity index (χ2n) is 5.27. The summed E-state index contributed by atoms with van der Waals surface area (Å²) in [6, 6.07) is 18.9. The number of amides is 1. The smallest absolute Gasteiger partial charge is 0.266 e. The Labute approximate surface area is 155 Å². The topological polar surface area (TPSA) is 53.3 Å². The number of nitrogens with zero attached hydrogens (tertiary/aromatic N) is 2. The molecule has 0 aliphatic carbocycles. The quantitative estimate of drug-likeness (QED) is 0.592. The molecule has 0 spiro atoms.